The molecule has 1 spiro atoms. The average molecular weight is 439 g/mol. The second-order valence-electron chi connectivity index (χ2n) is 10.0. The molecule has 2 aliphatic heterocycles. The molecule has 172 valence electrons. The van der Waals surface area contributed by atoms with Gasteiger partial charge in [-0.25, -0.2) is 0 Å². The van der Waals surface area contributed by atoms with E-state index in [2.05, 4.69) is 21.2 Å². The first-order valence-corrected chi connectivity index (χ1v) is 11.9. The Hall–Kier alpha value is -2.59. The van der Waals surface area contributed by atoms with Crippen LogP contribution in [0.2, 0.25) is 0 Å². The molecule has 2 heterocycles. The van der Waals surface area contributed by atoms with Crippen molar-refractivity contribution in [1.29, 1.82) is 5.26 Å². The molecule has 0 aromatic heterocycles. The molecular formula is C25H34N4O3. The number of anilines is 2. The Labute approximate surface area is 190 Å². The lowest BCUT2D eigenvalue weighted by Crippen LogP contribution is -2.50. The van der Waals surface area contributed by atoms with Gasteiger partial charge in [0.25, 0.3) is 0 Å². The Morgan fingerprint density at radius 1 is 1.22 bits per heavy atom. The number of hydrogen-bond acceptors (Lipinski definition) is 5. The van der Waals surface area contributed by atoms with Crippen LogP contribution in [0.4, 0.5) is 11.4 Å². The number of nitrogens with zero attached hydrogens (tertiary/aromatic N) is 3. The van der Waals surface area contributed by atoms with E-state index in [0.29, 0.717) is 17.8 Å². The van der Waals surface area contributed by atoms with Gasteiger partial charge in [-0.05, 0) is 63.1 Å². The molecule has 1 aromatic rings. The molecule has 3 fully saturated rings. The van der Waals surface area contributed by atoms with Gasteiger partial charge in [0.2, 0.25) is 11.8 Å². The van der Waals surface area contributed by atoms with Crippen LogP contribution in [0, 0.1) is 22.7 Å². The second kappa shape index (κ2) is 9.11. The van der Waals surface area contributed by atoms with E-state index >= 15 is 0 Å². The van der Waals surface area contributed by atoms with Crippen LogP contribution in [-0.4, -0.2) is 53.6 Å². The molecule has 0 radical (unpaired) electrons. The monoisotopic (exact) mass is 438 g/mol. The lowest BCUT2D eigenvalue weighted by molar-refractivity contribution is -0.139. The molecule has 7 heteroatoms. The van der Waals surface area contributed by atoms with E-state index in [4.69, 9.17) is 0 Å². The van der Waals surface area contributed by atoms with Gasteiger partial charge in [0.1, 0.15) is 6.07 Å². The fourth-order valence-electron chi connectivity index (χ4n) is 5.55. The van der Waals surface area contributed by atoms with Gasteiger partial charge in [0.15, 0.2) is 0 Å². The van der Waals surface area contributed by atoms with E-state index in [1.54, 1.807) is 6.07 Å². The topological polar surface area (TPSA) is 96.7 Å². The highest BCUT2D eigenvalue weighted by atomic mass is 16.3. The van der Waals surface area contributed by atoms with Crippen LogP contribution in [0.15, 0.2) is 18.2 Å². The molecule has 2 N–H and O–H groups in total. The summed E-state index contributed by atoms with van der Waals surface area (Å²) in [5, 5.41) is 22.5. The van der Waals surface area contributed by atoms with Gasteiger partial charge in [0, 0.05) is 37.3 Å². The summed E-state index contributed by atoms with van der Waals surface area (Å²) in [4.78, 5) is 29.8. The first-order valence-electron chi connectivity index (χ1n) is 11.9. The molecule has 4 rings (SSSR count). The highest BCUT2D eigenvalue weighted by Crippen LogP contribution is 2.44. The highest BCUT2D eigenvalue weighted by Gasteiger charge is 2.50. The zero-order valence-corrected chi connectivity index (χ0v) is 19.1. The quantitative estimate of drug-likeness (QED) is 0.752. The molecule has 7 nitrogen and oxygen atoms in total. The van der Waals surface area contributed by atoms with Crippen molar-refractivity contribution in [2.24, 2.45) is 11.3 Å². The standard InChI is InChI=1S/C25H34N4O3/c1-17(2)23(31)27-19-4-9-22(18(14-19)15-26)28-12-3-10-25(16-28)11-13-29(24(25)32)20-5-7-21(30)8-6-20/h4,9,14,17,20-21,30H,3,5-8,10-13,16H2,1-2H3,(H,27,31). The van der Waals surface area contributed by atoms with Crippen molar-refractivity contribution in [3.63, 3.8) is 0 Å². The lowest BCUT2D eigenvalue weighted by atomic mass is 9.78. The van der Waals surface area contributed by atoms with Gasteiger partial charge in [-0.2, -0.15) is 5.26 Å². The van der Waals surface area contributed by atoms with E-state index < -0.39 is 0 Å². The van der Waals surface area contributed by atoms with E-state index in [1.807, 2.05) is 26.0 Å². The SMILES string of the molecule is CC(C)C(=O)Nc1ccc(N2CCCC3(CCN(C4CCC(O)CC4)C3=O)C2)c(C#N)c1. The smallest absolute Gasteiger partial charge is 0.230 e. The number of benzene rings is 1. The molecule has 1 aliphatic carbocycles. The van der Waals surface area contributed by atoms with Gasteiger partial charge in [0.05, 0.1) is 22.8 Å². The Balaban J connectivity index is 1.50. The zero-order valence-electron chi connectivity index (χ0n) is 19.1. The Morgan fingerprint density at radius 3 is 2.66 bits per heavy atom. The molecule has 3 aliphatic rings. The van der Waals surface area contributed by atoms with Crippen LogP contribution in [0.3, 0.4) is 0 Å². The molecule has 1 aromatic carbocycles. The summed E-state index contributed by atoms with van der Waals surface area (Å²) >= 11 is 0. The number of hydrogen-bond donors (Lipinski definition) is 2. The highest BCUT2D eigenvalue weighted by molar-refractivity contribution is 5.92. The first kappa shape index (κ1) is 22.6. The molecule has 2 amide bonds. The van der Waals surface area contributed by atoms with Gasteiger partial charge in [-0.1, -0.05) is 13.8 Å². The zero-order chi connectivity index (χ0) is 22.9. The van der Waals surface area contributed by atoms with E-state index in [9.17, 15) is 20.0 Å². The number of piperidine rings is 1. The first-order chi connectivity index (χ1) is 15.3. The van der Waals surface area contributed by atoms with Gasteiger partial charge in [-0.15, -0.1) is 0 Å². The van der Waals surface area contributed by atoms with Crippen LogP contribution in [0.5, 0.6) is 0 Å². The van der Waals surface area contributed by atoms with Crippen molar-refractivity contribution in [3.05, 3.63) is 23.8 Å². The van der Waals surface area contributed by atoms with Crippen molar-refractivity contribution in [2.45, 2.75) is 70.9 Å². The predicted molar refractivity (Wildman–Crippen MR) is 123 cm³/mol. The van der Waals surface area contributed by atoms with Crippen LogP contribution in [-0.2, 0) is 9.59 Å². The number of nitriles is 1. The number of likely N-dealkylation sites (tertiary alicyclic amines) is 1. The predicted octanol–water partition coefficient (Wildman–Crippen LogP) is 3.28. The van der Waals surface area contributed by atoms with Crippen molar-refractivity contribution in [1.82, 2.24) is 4.90 Å². The van der Waals surface area contributed by atoms with E-state index in [-0.39, 0.29) is 35.3 Å². The minimum Gasteiger partial charge on any atom is -0.393 e. The van der Waals surface area contributed by atoms with Gasteiger partial charge < -0.3 is 20.2 Å². The third-order valence-corrected chi connectivity index (χ3v) is 7.48. The van der Waals surface area contributed by atoms with Crippen LogP contribution in [0.25, 0.3) is 0 Å². The maximum atomic E-state index is 13.6. The molecule has 32 heavy (non-hydrogen) atoms. The molecule has 2 saturated heterocycles. The number of carbonyl (C=O) groups is 2. The maximum Gasteiger partial charge on any atom is 0.230 e. The number of nitrogens with one attached hydrogen (secondary N) is 1. The Morgan fingerprint density at radius 2 is 1.97 bits per heavy atom. The second-order valence-corrected chi connectivity index (χ2v) is 10.0. The normalized spacial score (nSPS) is 28.3. The summed E-state index contributed by atoms with van der Waals surface area (Å²) in [5.74, 6) is 0.0410. The molecule has 0 bridgehead atoms. The number of amides is 2. The van der Waals surface area contributed by atoms with Gasteiger partial charge in [-0.3, -0.25) is 9.59 Å². The fourth-order valence-corrected chi connectivity index (χ4v) is 5.55. The summed E-state index contributed by atoms with van der Waals surface area (Å²) in [6.45, 7) is 5.90. The van der Waals surface area contributed by atoms with E-state index in [0.717, 1.165) is 63.7 Å². The molecule has 1 atom stereocenters. The average Bonchev–Trinajstić information content (AvgIpc) is 3.09. The summed E-state index contributed by atoms with van der Waals surface area (Å²) in [7, 11) is 0. The molecule has 1 unspecified atom stereocenters. The van der Waals surface area contributed by atoms with Gasteiger partial charge >= 0.3 is 0 Å². The lowest BCUT2D eigenvalue weighted by Gasteiger charge is -2.41. The van der Waals surface area contributed by atoms with Crippen molar-refractivity contribution >= 4 is 23.2 Å². The fraction of sp³-hybridized carbons (Fsp3) is 0.640. The Kier molecular flexibility index (Phi) is 6.43. The summed E-state index contributed by atoms with van der Waals surface area (Å²) < 4.78 is 0. The van der Waals surface area contributed by atoms with Crippen LogP contribution in [0.1, 0.15) is 64.4 Å². The number of aliphatic hydroxyl groups is 1. The molecule has 1 saturated carbocycles. The number of rotatable bonds is 4. The van der Waals surface area contributed by atoms with Crippen molar-refractivity contribution in [3.8, 4) is 6.07 Å². The largest absolute Gasteiger partial charge is 0.393 e. The van der Waals surface area contributed by atoms with Crippen molar-refractivity contribution in [2.75, 3.05) is 29.9 Å². The summed E-state index contributed by atoms with van der Waals surface area (Å²) in [5.41, 5.74) is 1.60. The third-order valence-electron chi connectivity index (χ3n) is 7.48. The van der Waals surface area contributed by atoms with Crippen LogP contribution < -0.4 is 10.2 Å². The number of aliphatic hydroxyl groups excluding tert-OH is 1. The minimum atomic E-state index is -0.383. The minimum absolute atomic E-state index is 0.0783. The van der Waals surface area contributed by atoms with Crippen LogP contribution >= 0.6 is 0 Å². The third kappa shape index (κ3) is 4.33. The van der Waals surface area contributed by atoms with Crippen molar-refractivity contribution < 1.29 is 14.7 Å². The summed E-state index contributed by atoms with van der Waals surface area (Å²) in [6.07, 6.45) is 5.76. The Bertz CT molecular complexity index is 916. The number of carbonyl (C=O) groups excluding carboxylic acids is 2. The summed E-state index contributed by atoms with van der Waals surface area (Å²) in [6, 6.07) is 7.99. The maximum absolute atomic E-state index is 13.6. The van der Waals surface area contributed by atoms with E-state index in [1.165, 1.54) is 0 Å². The molecular weight excluding hydrogens is 404 g/mol.